The van der Waals surface area contributed by atoms with Gasteiger partial charge >= 0.3 is 0 Å². The molecular weight excluding hydrogens is 268 g/mol. The quantitative estimate of drug-likeness (QED) is 0.648. The number of rotatable bonds is 6. The third-order valence-electron chi connectivity index (χ3n) is 4.15. The van der Waals surface area contributed by atoms with E-state index < -0.39 is 0 Å². The lowest BCUT2D eigenvalue weighted by Gasteiger charge is -2.18. The van der Waals surface area contributed by atoms with Gasteiger partial charge < -0.3 is 4.57 Å². The highest BCUT2D eigenvalue weighted by Crippen LogP contribution is 2.29. The summed E-state index contributed by atoms with van der Waals surface area (Å²) in [4.78, 5) is 4.17. The molecule has 0 amide bonds. The third kappa shape index (κ3) is 3.45. The molecule has 0 saturated carbocycles. The van der Waals surface area contributed by atoms with Crippen LogP contribution in [0, 0.1) is 13.1 Å². The van der Waals surface area contributed by atoms with Crippen LogP contribution in [0.1, 0.15) is 35.7 Å². The molecule has 0 aliphatic carbocycles. The molecule has 111 valence electrons. The summed E-state index contributed by atoms with van der Waals surface area (Å²) in [5, 5.41) is 0. The predicted octanol–water partition coefficient (Wildman–Crippen LogP) is 4.60. The summed E-state index contributed by atoms with van der Waals surface area (Å²) in [7, 11) is 0. The van der Waals surface area contributed by atoms with Crippen LogP contribution in [0.25, 0.3) is 0 Å². The van der Waals surface area contributed by atoms with E-state index in [0.717, 1.165) is 25.2 Å². The van der Waals surface area contributed by atoms with Gasteiger partial charge in [0.15, 0.2) is 0 Å². The van der Waals surface area contributed by atoms with Crippen molar-refractivity contribution in [2.45, 2.75) is 32.2 Å². The molecule has 1 heterocycles. The van der Waals surface area contributed by atoms with E-state index >= 15 is 0 Å². The van der Waals surface area contributed by atoms with Gasteiger partial charge in [-0.2, -0.15) is 0 Å². The highest BCUT2D eigenvalue weighted by molar-refractivity contribution is 5.32. The van der Waals surface area contributed by atoms with Gasteiger partial charge in [0.2, 0.25) is 0 Å². The first-order valence-electron chi connectivity index (χ1n) is 7.84. The zero-order valence-electron chi connectivity index (χ0n) is 12.9. The third-order valence-corrected chi connectivity index (χ3v) is 4.15. The Bertz CT molecular complexity index is 646. The van der Waals surface area contributed by atoms with Gasteiger partial charge in [0.25, 0.3) is 0 Å². The molecule has 2 aromatic carbocycles. The minimum absolute atomic E-state index is 0.454. The summed E-state index contributed by atoms with van der Waals surface area (Å²) in [6.45, 7) is 3.03. The van der Waals surface area contributed by atoms with Crippen molar-refractivity contribution < 1.29 is 0 Å². The minimum Gasteiger partial charge on any atom is -0.334 e. The van der Waals surface area contributed by atoms with Crippen LogP contribution in [0.15, 0.2) is 66.9 Å². The number of aromatic nitrogens is 2. The fraction of sp³-hybridized carbons (Fsp3) is 0.250. The molecule has 0 bridgehead atoms. The van der Waals surface area contributed by atoms with E-state index in [1.807, 2.05) is 13.1 Å². The van der Waals surface area contributed by atoms with E-state index in [-0.39, 0.29) is 0 Å². The molecule has 22 heavy (non-hydrogen) atoms. The van der Waals surface area contributed by atoms with Crippen molar-refractivity contribution in [3.63, 3.8) is 0 Å². The number of benzene rings is 2. The molecule has 1 radical (unpaired) electrons. The van der Waals surface area contributed by atoms with E-state index in [0.29, 0.717) is 5.92 Å². The SMILES string of the molecule is Cc1n[c]cn1CCCC(c1ccccc1)c1ccccc1. The maximum absolute atomic E-state index is 4.17. The van der Waals surface area contributed by atoms with Crippen LogP contribution < -0.4 is 0 Å². The Morgan fingerprint density at radius 3 is 2.05 bits per heavy atom. The summed E-state index contributed by atoms with van der Waals surface area (Å²) in [6, 6.07) is 21.6. The standard InChI is InChI=1S/C20H21N2/c1-17-21-14-16-22(17)15-8-13-20(18-9-4-2-5-10-18)19-11-6-3-7-12-19/h2-7,9-12,16,20H,8,13,15H2,1H3. The van der Waals surface area contributed by atoms with E-state index in [9.17, 15) is 0 Å². The summed E-state index contributed by atoms with van der Waals surface area (Å²) in [5.41, 5.74) is 2.78. The highest BCUT2D eigenvalue weighted by Gasteiger charge is 2.13. The van der Waals surface area contributed by atoms with Crippen molar-refractivity contribution in [1.29, 1.82) is 0 Å². The fourth-order valence-electron chi connectivity index (χ4n) is 2.94. The molecule has 3 aromatic rings. The van der Waals surface area contributed by atoms with Gasteiger partial charge in [-0.1, -0.05) is 60.7 Å². The van der Waals surface area contributed by atoms with Gasteiger partial charge in [-0.05, 0) is 30.9 Å². The zero-order chi connectivity index (χ0) is 15.2. The second kappa shape index (κ2) is 7.08. The molecule has 0 N–H and O–H groups in total. The predicted molar refractivity (Wildman–Crippen MR) is 89.8 cm³/mol. The molecule has 0 aliphatic heterocycles. The molecule has 1 aromatic heterocycles. The molecule has 0 spiro atoms. The second-order valence-corrected chi connectivity index (χ2v) is 5.63. The number of nitrogens with zero attached hydrogens (tertiary/aromatic N) is 2. The average molecular weight is 289 g/mol. The summed E-state index contributed by atoms with van der Waals surface area (Å²) in [5.74, 6) is 1.49. The Morgan fingerprint density at radius 2 is 1.55 bits per heavy atom. The van der Waals surface area contributed by atoms with E-state index in [2.05, 4.69) is 76.4 Å². The second-order valence-electron chi connectivity index (χ2n) is 5.63. The Labute approximate surface area is 132 Å². The van der Waals surface area contributed by atoms with Gasteiger partial charge in [0.1, 0.15) is 12.0 Å². The van der Waals surface area contributed by atoms with Gasteiger partial charge in [-0.15, -0.1) is 0 Å². The van der Waals surface area contributed by atoms with Crippen molar-refractivity contribution in [3.8, 4) is 0 Å². The summed E-state index contributed by atoms with van der Waals surface area (Å²) >= 11 is 0. The van der Waals surface area contributed by atoms with Crippen molar-refractivity contribution >= 4 is 0 Å². The highest BCUT2D eigenvalue weighted by atomic mass is 15.0. The lowest BCUT2D eigenvalue weighted by molar-refractivity contribution is 0.568. The van der Waals surface area contributed by atoms with E-state index in [1.165, 1.54) is 11.1 Å². The summed E-state index contributed by atoms with van der Waals surface area (Å²) < 4.78 is 2.17. The molecule has 0 saturated heterocycles. The molecule has 0 aliphatic rings. The number of hydrogen-bond acceptors (Lipinski definition) is 1. The van der Waals surface area contributed by atoms with Crippen LogP contribution in [-0.2, 0) is 6.54 Å². The van der Waals surface area contributed by atoms with Crippen molar-refractivity contribution in [2.24, 2.45) is 0 Å². The lowest BCUT2D eigenvalue weighted by atomic mass is 9.87. The smallest absolute Gasteiger partial charge is 0.109 e. The molecule has 0 atom stereocenters. The van der Waals surface area contributed by atoms with Crippen molar-refractivity contribution in [2.75, 3.05) is 0 Å². The maximum Gasteiger partial charge on any atom is 0.109 e. The monoisotopic (exact) mass is 289 g/mol. The van der Waals surface area contributed by atoms with Crippen LogP contribution in [0.2, 0.25) is 0 Å². The van der Waals surface area contributed by atoms with Crippen molar-refractivity contribution in [3.05, 3.63) is 90.0 Å². The molecule has 2 nitrogen and oxygen atoms in total. The molecule has 0 unspecified atom stereocenters. The van der Waals surface area contributed by atoms with Gasteiger partial charge in [0.05, 0.1) is 0 Å². The first-order chi connectivity index (χ1) is 10.8. The van der Waals surface area contributed by atoms with Gasteiger partial charge in [-0.3, -0.25) is 0 Å². The Hall–Kier alpha value is -2.35. The normalized spacial score (nSPS) is 11.0. The van der Waals surface area contributed by atoms with Crippen LogP contribution >= 0.6 is 0 Å². The maximum atomic E-state index is 4.17. The van der Waals surface area contributed by atoms with Crippen molar-refractivity contribution in [1.82, 2.24) is 9.55 Å². The largest absolute Gasteiger partial charge is 0.334 e. The summed E-state index contributed by atoms with van der Waals surface area (Å²) in [6.07, 6.45) is 7.11. The van der Waals surface area contributed by atoms with Crippen LogP contribution in [0.3, 0.4) is 0 Å². The van der Waals surface area contributed by atoms with Gasteiger partial charge in [0, 0.05) is 18.7 Å². The Morgan fingerprint density at radius 1 is 0.955 bits per heavy atom. The average Bonchev–Trinajstić information content (AvgIpc) is 2.98. The van der Waals surface area contributed by atoms with Crippen LogP contribution in [-0.4, -0.2) is 9.55 Å². The Kier molecular flexibility index (Phi) is 4.69. The van der Waals surface area contributed by atoms with E-state index in [4.69, 9.17) is 0 Å². The number of aryl methyl sites for hydroxylation is 2. The Balaban J connectivity index is 1.73. The molecule has 3 rings (SSSR count). The number of hydrogen-bond donors (Lipinski definition) is 0. The van der Waals surface area contributed by atoms with Crippen LogP contribution in [0.5, 0.6) is 0 Å². The van der Waals surface area contributed by atoms with Crippen LogP contribution in [0.4, 0.5) is 0 Å². The van der Waals surface area contributed by atoms with Gasteiger partial charge in [-0.25, -0.2) is 4.98 Å². The minimum atomic E-state index is 0.454. The first kappa shape index (κ1) is 14.6. The molecular formula is C20H21N2. The zero-order valence-corrected chi connectivity index (χ0v) is 12.9. The van der Waals surface area contributed by atoms with E-state index in [1.54, 1.807) is 0 Å². The molecule has 2 heteroatoms. The topological polar surface area (TPSA) is 17.8 Å². The first-order valence-corrected chi connectivity index (χ1v) is 7.84. The molecule has 0 fully saturated rings. The number of imidazole rings is 1. The lowest BCUT2D eigenvalue weighted by Crippen LogP contribution is -2.05. The fourth-order valence-corrected chi connectivity index (χ4v) is 2.94.